The quantitative estimate of drug-likeness (QED) is 0.711. The van der Waals surface area contributed by atoms with Crippen molar-refractivity contribution in [2.45, 2.75) is 6.42 Å². The molecule has 0 radical (unpaired) electrons. The van der Waals surface area contributed by atoms with Crippen LogP contribution in [0.1, 0.15) is 11.1 Å². The number of ether oxygens (including phenoxy) is 3. The van der Waals surface area contributed by atoms with E-state index >= 15 is 0 Å². The summed E-state index contributed by atoms with van der Waals surface area (Å²) in [6.45, 7) is 2.46. The molecular weight excluding hydrogens is 384 g/mol. The molecule has 0 aliphatic carbocycles. The van der Waals surface area contributed by atoms with Gasteiger partial charge in [0, 0.05) is 24.9 Å². The first kappa shape index (κ1) is 21.4. The van der Waals surface area contributed by atoms with E-state index in [0.717, 1.165) is 11.1 Å². The number of methoxy groups -OCH3 is 2. The van der Waals surface area contributed by atoms with Crippen molar-refractivity contribution < 1.29 is 23.8 Å². The minimum atomic E-state index is -0.248. The Labute approximate surface area is 176 Å². The van der Waals surface area contributed by atoms with Crippen molar-refractivity contribution in [2.24, 2.45) is 0 Å². The average Bonchev–Trinajstić information content (AvgIpc) is 2.79. The Hall–Kier alpha value is -3.32. The van der Waals surface area contributed by atoms with Crippen LogP contribution in [0.4, 0.5) is 5.69 Å². The van der Waals surface area contributed by atoms with E-state index in [4.69, 9.17) is 14.2 Å². The maximum atomic E-state index is 12.3. The van der Waals surface area contributed by atoms with Gasteiger partial charge in [0.15, 0.2) is 11.5 Å². The molecule has 2 aromatic carbocycles. The Balaban J connectivity index is 1.54. The van der Waals surface area contributed by atoms with E-state index in [1.165, 1.54) is 6.08 Å². The standard InChI is InChI=1S/C23H26N2O5/c1-28-20-9-5-17(15-21(20)29-2)6-10-22(26)24-19-7-3-18(4-8-19)16-23(27)25-11-13-30-14-12-25/h3-10,15H,11-14,16H2,1-2H3,(H,24,26)/b10-6+. The maximum absolute atomic E-state index is 12.3. The molecule has 0 unspecified atom stereocenters. The van der Waals surface area contributed by atoms with Gasteiger partial charge in [0.05, 0.1) is 33.9 Å². The van der Waals surface area contributed by atoms with Gasteiger partial charge in [0.1, 0.15) is 0 Å². The van der Waals surface area contributed by atoms with Gasteiger partial charge in [-0.1, -0.05) is 18.2 Å². The Morgan fingerprint density at radius 3 is 2.40 bits per heavy atom. The second-order valence-electron chi connectivity index (χ2n) is 6.80. The zero-order valence-electron chi connectivity index (χ0n) is 17.2. The van der Waals surface area contributed by atoms with E-state index in [9.17, 15) is 9.59 Å². The first-order valence-corrected chi connectivity index (χ1v) is 9.74. The van der Waals surface area contributed by atoms with Gasteiger partial charge >= 0.3 is 0 Å². The van der Waals surface area contributed by atoms with E-state index < -0.39 is 0 Å². The lowest BCUT2D eigenvalue weighted by Gasteiger charge is -2.26. The van der Waals surface area contributed by atoms with Crippen molar-refractivity contribution in [2.75, 3.05) is 45.8 Å². The van der Waals surface area contributed by atoms with Gasteiger partial charge in [-0.15, -0.1) is 0 Å². The number of amides is 2. The summed E-state index contributed by atoms with van der Waals surface area (Å²) < 4.78 is 15.7. The summed E-state index contributed by atoms with van der Waals surface area (Å²) in [6, 6.07) is 12.7. The molecule has 158 valence electrons. The molecule has 1 aliphatic rings. The van der Waals surface area contributed by atoms with Crippen LogP contribution in [0.3, 0.4) is 0 Å². The van der Waals surface area contributed by atoms with Gasteiger partial charge in [0.2, 0.25) is 11.8 Å². The molecule has 1 aliphatic heterocycles. The largest absolute Gasteiger partial charge is 0.493 e. The fraction of sp³-hybridized carbons (Fsp3) is 0.304. The second-order valence-corrected chi connectivity index (χ2v) is 6.80. The Bertz CT molecular complexity index is 902. The third-order valence-corrected chi connectivity index (χ3v) is 4.78. The number of carbonyl (C=O) groups is 2. The van der Waals surface area contributed by atoms with Crippen LogP contribution in [0.25, 0.3) is 6.08 Å². The van der Waals surface area contributed by atoms with Crippen molar-refractivity contribution in [3.05, 3.63) is 59.7 Å². The predicted octanol–water partition coefficient (Wildman–Crippen LogP) is 2.76. The number of rotatable bonds is 7. The van der Waals surface area contributed by atoms with Crippen LogP contribution in [0.2, 0.25) is 0 Å². The molecule has 0 bridgehead atoms. The highest BCUT2D eigenvalue weighted by Crippen LogP contribution is 2.28. The summed E-state index contributed by atoms with van der Waals surface area (Å²) in [6.07, 6.45) is 3.50. The van der Waals surface area contributed by atoms with Gasteiger partial charge in [0.25, 0.3) is 0 Å². The normalized spacial score (nSPS) is 13.9. The van der Waals surface area contributed by atoms with Crippen LogP contribution in [-0.4, -0.2) is 57.2 Å². The summed E-state index contributed by atoms with van der Waals surface area (Å²) in [4.78, 5) is 26.3. The number of benzene rings is 2. The molecule has 1 saturated heterocycles. The Morgan fingerprint density at radius 2 is 1.73 bits per heavy atom. The number of nitrogens with zero attached hydrogens (tertiary/aromatic N) is 1. The number of carbonyl (C=O) groups excluding carboxylic acids is 2. The van der Waals surface area contributed by atoms with Crippen molar-refractivity contribution in [3.8, 4) is 11.5 Å². The van der Waals surface area contributed by atoms with Crippen LogP contribution >= 0.6 is 0 Å². The molecule has 1 N–H and O–H groups in total. The zero-order chi connectivity index (χ0) is 21.3. The van der Waals surface area contributed by atoms with Crippen LogP contribution < -0.4 is 14.8 Å². The molecule has 0 spiro atoms. The minimum Gasteiger partial charge on any atom is -0.493 e. The Morgan fingerprint density at radius 1 is 1.03 bits per heavy atom. The van der Waals surface area contributed by atoms with Crippen molar-refractivity contribution in [1.29, 1.82) is 0 Å². The third kappa shape index (κ3) is 5.84. The first-order chi connectivity index (χ1) is 14.6. The topological polar surface area (TPSA) is 77.1 Å². The summed E-state index contributed by atoms with van der Waals surface area (Å²) >= 11 is 0. The molecule has 1 heterocycles. The van der Waals surface area contributed by atoms with E-state index in [-0.39, 0.29) is 11.8 Å². The summed E-state index contributed by atoms with van der Waals surface area (Å²) in [7, 11) is 3.14. The highest BCUT2D eigenvalue weighted by molar-refractivity contribution is 6.02. The molecule has 0 atom stereocenters. The smallest absolute Gasteiger partial charge is 0.248 e. The average molecular weight is 410 g/mol. The van der Waals surface area contributed by atoms with E-state index in [1.807, 2.05) is 23.1 Å². The lowest BCUT2D eigenvalue weighted by atomic mass is 10.1. The van der Waals surface area contributed by atoms with E-state index in [0.29, 0.717) is 49.9 Å². The lowest BCUT2D eigenvalue weighted by molar-refractivity contribution is -0.134. The molecule has 0 saturated carbocycles. The SMILES string of the molecule is COc1ccc(/C=C/C(=O)Nc2ccc(CC(=O)N3CCOCC3)cc2)cc1OC. The maximum Gasteiger partial charge on any atom is 0.248 e. The van der Waals surface area contributed by atoms with E-state index in [1.54, 1.807) is 44.6 Å². The van der Waals surface area contributed by atoms with Gasteiger partial charge in [-0.25, -0.2) is 0 Å². The predicted molar refractivity (Wildman–Crippen MR) is 115 cm³/mol. The number of morpholine rings is 1. The molecule has 3 rings (SSSR count). The van der Waals surface area contributed by atoms with Gasteiger partial charge in [-0.3, -0.25) is 9.59 Å². The molecule has 1 fully saturated rings. The highest BCUT2D eigenvalue weighted by atomic mass is 16.5. The Kier molecular flexibility index (Phi) is 7.45. The molecule has 0 aromatic heterocycles. The minimum absolute atomic E-state index is 0.0907. The van der Waals surface area contributed by atoms with Crippen molar-refractivity contribution in [1.82, 2.24) is 4.90 Å². The number of hydrogen-bond donors (Lipinski definition) is 1. The number of nitrogens with one attached hydrogen (secondary N) is 1. The summed E-state index contributed by atoms with van der Waals surface area (Å²) in [5, 5.41) is 2.81. The highest BCUT2D eigenvalue weighted by Gasteiger charge is 2.16. The first-order valence-electron chi connectivity index (χ1n) is 9.74. The lowest BCUT2D eigenvalue weighted by Crippen LogP contribution is -2.41. The molecule has 7 nitrogen and oxygen atoms in total. The van der Waals surface area contributed by atoms with Crippen LogP contribution in [0.5, 0.6) is 11.5 Å². The van der Waals surface area contributed by atoms with Gasteiger partial charge in [-0.2, -0.15) is 0 Å². The molecule has 2 amide bonds. The van der Waals surface area contributed by atoms with Gasteiger partial charge < -0.3 is 24.4 Å². The summed E-state index contributed by atoms with van der Waals surface area (Å²) in [5.74, 6) is 1.07. The molecular formula is C23H26N2O5. The van der Waals surface area contributed by atoms with E-state index in [2.05, 4.69) is 5.32 Å². The van der Waals surface area contributed by atoms with Crippen LogP contribution in [-0.2, 0) is 20.7 Å². The summed E-state index contributed by atoms with van der Waals surface area (Å²) in [5.41, 5.74) is 2.39. The molecule has 30 heavy (non-hydrogen) atoms. The fourth-order valence-electron chi connectivity index (χ4n) is 3.12. The molecule has 7 heteroatoms. The van der Waals surface area contributed by atoms with Crippen molar-refractivity contribution in [3.63, 3.8) is 0 Å². The fourth-order valence-corrected chi connectivity index (χ4v) is 3.12. The molecule has 2 aromatic rings. The number of anilines is 1. The zero-order valence-corrected chi connectivity index (χ0v) is 17.2. The second kappa shape index (κ2) is 10.5. The number of hydrogen-bond acceptors (Lipinski definition) is 5. The van der Waals surface area contributed by atoms with Crippen LogP contribution in [0, 0.1) is 0 Å². The van der Waals surface area contributed by atoms with Gasteiger partial charge in [-0.05, 0) is 41.5 Å². The third-order valence-electron chi connectivity index (χ3n) is 4.78. The van der Waals surface area contributed by atoms with Crippen LogP contribution in [0.15, 0.2) is 48.5 Å². The monoisotopic (exact) mass is 410 g/mol. The van der Waals surface area contributed by atoms with Crippen molar-refractivity contribution >= 4 is 23.6 Å².